The van der Waals surface area contributed by atoms with Crippen molar-refractivity contribution in [2.45, 2.75) is 71.1 Å². The predicted octanol–water partition coefficient (Wildman–Crippen LogP) is 6.67. The van der Waals surface area contributed by atoms with Gasteiger partial charge in [0.05, 0.1) is 18.1 Å². The number of carbonyl (C=O) groups is 1. The van der Waals surface area contributed by atoms with Crippen molar-refractivity contribution in [3.05, 3.63) is 53.4 Å². The second-order valence-corrected chi connectivity index (χ2v) is 11.1. The number of benzene rings is 1. The van der Waals surface area contributed by atoms with E-state index in [2.05, 4.69) is 24.1 Å². The van der Waals surface area contributed by atoms with Crippen molar-refractivity contribution in [3.8, 4) is 5.75 Å². The number of alkyl halides is 3. The van der Waals surface area contributed by atoms with E-state index >= 15 is 0 Å². The van der Waals surface area contributed by atoms with Crippen LogP contribution in [0, 0.1) is 23.2 Å². The summed E-state index contributed by atoms with van der Waals surface area (Å²) < 4.78 is 58.3. The molecule has 0 spiro atoms. The van der Waals surface area contributed by atoms with E-state index in [9.17, 15) is 22.4 Å². The molecule has 1 N–H and O–H groups in total. The average Bonchev–Trinajstić information content (AvgIpc) is 3.34. The molecule has 1 aliphatic heterocycles. The van der Waals surface area contributed by atoms with Gasteiger partial charge in [0.15, 0.2) is 0 Å². The lowest BCUT2D eigenvalue weighted by Crippen LogP contribution is -2.46. The summed E-state index contributed by atoms with van der Waals surface area (Å²) in [5, 5.41) is 2.95. The number of hydrogen-bond donors (Lipinski definition) is 1. The van der Waals surface area contributed by atoms with Crippen LogP contribution in [0.4, 0.5) is 17.6 Å². The molecule has 1 aromatic carbocycles. The molecule has 3 atom stereocenters. The molecule has 2 fully saturated rings. The largest absolute Gasteiger partial charge is 0.496 e. The zero-order valence-electron chi connectivity index (χ0n) is 21.9. The Morgan fingerprint density at radius 1 is 1.22 bits per heavy atom. The molecule has 8 heteroatoms. The highest BCUT2D eigenvalue weighted by Crippen LogP contribution is 2.47. The molecule has 3 aliphatic rings. The van der Waals surface area contributed by atoms with Crippen LogP contribution in [0.15, 0.2) is 42.3 Å². The van der Waals surface area contributed by atoms with Crippen LogP contribution in [-0.2, 0) is 17.5 Å². The molecule has 0 bridgehead atoms. The predicted molar refractivity (Wildman–Crippen MR) is 135 cm³/mol. The lowest BCUT2D eigenvalue weighted by molar-refractivity contribution is -0.137. The molecule has 4 nitrogen and oxygen atoms in total. The van der Waals surface area contributed by atoms with E-state index in [0.29, 0.717) is 29.2 Å². The van der Waals surface area contributed by atoms with E-state index in [0.717, 1.165) is 63.7 Å². The first-order valence-corrected chi connectivity index (χ1v) is 13.3. The van der Waals surface area contributed by atoms with Gasteiger partial charge in [0.2, 0.25) is 5.91 Å². The molecule has 37 heavy (non-hydrogen) atoms. The lowest BCUT2D eigenvalue weighted by atomic mass is 9.74. The van der Waals surface area contributed by atoms with Crippen LogP contribution in [0.2, 0.25) is 0 Å². The van der Waals surface area contributed by atoms with Crippen molar-refractivity contribution in [2.24, 2.45) is 23.2 Å². The molecule has 1 heterocycles. The maximum absolute atomic E-state index is 13.5. The minimum absolute atomic E-state index is 0.0135. The molecular formula is C29H38F4N2O2. The van der Waals surface area contributed by atoms with Crippen molar-refractivity contribution in [1.29, 1.82) is 0 Å². The minimum Gasteiger partial charge on any atom is -0.496 e. The van der Waals surface area contributed by atoms with Gasteiger partial charge in [-0.05, 0) is 99.7 Å². The quantitative estimate of drug-likeness (QED) is 0.407. The smallest absolute Gasteiger partial charge is 0.416 e. The summed E-state index contributed by atoms with van der Waals surface area (Å²) in [6, 6.07) is 3.66. The van der Waals surface area contributed by atoms with Crippen molar-refractivity contribution in [3.63, 3.8) is 0 Å². The lowest BCUT2D eigenvalue weighted by Gasteiger charge is -2.39. The van der Waals surface area contributed by atoms with Crippen LogP contribution in [-0.4, -0.2) is 37.0 Å². The highest BCUT2D eigenvalue weighted by Gasteiger charge is 2.49. The molecule has 1 amide bonds. The monoisotopic (exact) mass is 522 g/mol. The summed E-state index contributed by atoms with van der Waals surface area (Å²) in [6.07, 6.45) is 6.16. The molecule has 2 aliphatic carbocycles. The van der Waals surface area contributed by atoms with Gasteiger partial charge >= 0.3 is 6.18 Å². The van der Waals surface area contributed by atoms with Crippen LogP contribution < -0.4 is 10.1 Å². The maximum atomic E-state index is 13.5. The summed E-state index contributed by atoms with van der Waals surface area (Å²) in [4.78, 5) is 16.0. The molecule has 204 valence electrons. The van der Waals surface area contributed by atoms with E-state index in [1.54, 1.807) is 12.2 Å². The number of hydrogen-bond acceptors (Lipinski definition) is 3. The van der Waals surface area contributed by atoms with Crippen molar-refractivity contribution in [1.82, 2.24) is 10.2 Å². The van der Waals surface area contributed by atoms with Gasteiger partial charge in [-0.1, -0.05) is 19.9 Å². The first-order chi connectivity index (χ1) is 17.5. The maximum Gasteiger partial charge on any atom is 0.416 e. The highest BCUT2D eigenvalue weighted by molar-refractivity contribution is 5.83. The average molecular weight is 523 g/mol. The Morgan fingerprint density at radius 3 is 2.54 bits per heavy atom. The molecule has 0 aromatic heterocycles. The fourth-order valence-corrected chi connectivity index (χ4v) is 6.47. The van der Waals surface area contributed by atoms with E-state index < -0.39 is 17.2 Å². The number of nitrogens with zero attached hydrogens (tertiary/aromatic N) is 1. The zero-order chi connectivity index (χ0) is 26.8. The van der Waals surface area contributed by atoms with Crippen molar-refractivity contribution < 1.29 is 27.1 Å². The Kier molecular flexibility index (Phi) is 8.36. The normalized spacial score (nSPS) is 27.4. The number of rotatable bonds is 7. The summed E-state index contributed by atoms with van der Waals surface area (Å²) in [5.74, 6) is 1.14. The minimum atomic E-state index is -4.46. The Bertz CT molecular complexity index is 1030. The Hall–Kier alpha value is -2.35. The van der Waals surface area contributed by atoms with Gasteiger partial charge in [-0.2, -0.15) is 13.2 Å². The molecule has 1 saturated carbocycles. The number of methoxy groups -OCH3 is 1. The zero-order valence-corrected chi connectivity index (χ0v) is 21.9. The molecule has 0 radical (unpaired) electrons. The van der Waals surface area contributed by atoms with Crippen LogP contribution in [0.5, 0.6) is 5.75 Å². The van der Waals surface area contributed by atoms with E-state index in [4.69, 9.17) is 4.74 Å². The fraction of sp³-hybridized carbons (Fsp3) is 0.621. The van der Waals surface area contributed by atoms with Crippen LogP contribution in [0.1, 0.15) is 63.5 Å². The first-order valence-electron chi connectivity index (χ1n) is 13.3. The number of amides is 1. The third-order valence-electron chi connectivity index (χ3n) is 8.91. The van der Waals surface area contributed by atoms with Gasteiger partial charge in [0.1, 0.15) is 11.6 Å². The van der Waals surface area contributed by atoms with Crippen LogP contribution in [0.25, 0.3) is 0 Å². The molecule has 1 saturated heterocycles. The van der Waals surface area contributed by atoms with Crippen molar-refractivity contribution in [2.75, 3.05) is 20.2 Å². The second-order valence-electron chi connectivity index (χ2n) is 11.1. The van der Waals surface area contributed by atoms with Crippen LogP contribution in [0.3, 0.4) is 0 Å². The molecule has 4 rings (SSSR count). The Balaban J connectivity index is 1.37. The standard InChI is InChI=1S/C29H38F4N2O2/c1-19(2)28(27(36)34-18-22-16-23(29(31,32)33)6-9-26(22)37-3)13-10-25(17-28)35-14-11-21(12-15-35)20-4-7-24(30)8-5-20/h4,6-9,16,19-21,25H,5,10-15,17-18H2,1-3H3,(H,34,36). The Morgan fingerprint density at radius 2 is 1.95 bits per heavy atom. The number of piperidine rings is 1. The van der Waals surface area contributed by atoms with Gasteiger partial charge in [-0.25, -0.2) is 4.39 Å². The Labute approximate surface area is 217 Å². The van der Waals surface area contributed by atoms with Gasteiger partial charge in [0, 0.05) is 18.2 Å². The summed E-state index contributed by atoms with van der Waals surface area (Å²) in [6.45, 7) is 6.05. The van der Waals surface area contributed by atoms with E-state index in [1.165, 1.54) is 13.2 Å². The van der Waals surface area contributed by atoms with Gasteiger partial charge < -0.3 is 15.0 Å². The topological polar surface area (TPSA) is 41.6 Å². The number of ether oxygens (including phenoxy) is 1. The SMILES string of the molecule is COc1ccc(C(F)(F)F)cc1CNC(=O)C1(C(C)C)CCC(N2CCC(C3C=CC(F)=CC3)CC2)C1. The third kappa shape index (κ3) is 6.05. The first kappa shape index (κ1) is 27.7. The number of likely N-dealkylation sites (tertiary alicyclic amines) is 1. The molecular weight excluding hydrogens is 484 g/mol. The van der Waals surface area contributed by atoms with Crippen LogP contribution >= 0.6 is 0 Å². The second kappa shape index (κ2) is 11.2. The highest BCUT2D eigenvalue weighted by atomic mass is 19.4. The van der Waals surface area contributed by atoms with E-state index in [-0.39, 0.29) is 24.2 Å². The van der Waals surface area contributed by atoms with Gasteiger partial charge in [-0.15, -0.1) is 0 Å². The number of nitrogens with one attached hydrogen (secondary N) is 1. The fourth-order valence-electron chi connectivity index (χ4n) is 6.47. The molecule has 3 unspecified atom stereocenters. The summed E-state index contributed by atoms with van der Waals surface area (Å²) in [7, 11) is 1.41. The number of carbonyl (C=O) groups excluding carboxylic acids is 1. The summed E-state index contributed by atoms with van der Waals surface area (Å²) >= 11 is 0. The number of halogens is 4. The molecule has 1 aromatic rings. The van der Waals surface area contributed by atoms with E-state index in [1.807, 2.05) is 6.08 Å². The summed E-state index contributed by atoms with van der Waals surface area (Å²) in [5.41, 5.74) is -0.997. The van der Waals surface area contributed by atoms with Crippen molar-refractivity contribution >= 4 is 5.91 Å². The van der Waals surface area contributed by atoms with Gasteiger partial charge in [0.25, 0.3) is 0 Å². The third-order valence-corrected chi connectivity index (χ3v) is 8.91. The number of allylic oxidation sites excluding steroid dienone is 4. The van der Waals surface area contributed by atoms with Gasteiger partial charge in [-0.3, -0.25) is 4.79 Å².